The van der Waals surface area contributed by atoms with Crippen LogP contribution in [0.5, 0.6) is 0 Å². The van der Waals surface area contributed by atoms with Gasteiger partial charge in [-0.25, -0.2) is 4.39 Å². The zero-order valence-electron chi connectivity index (χ0n) is 15.0. The van der Waals surface area contributed by atoms with E-state index in [-0.39, 0.29) is 46.4 Å². The molecule has 0 heterocycles. The molecule has 0 unspecified atom stereocenters. The fourth-order valence-electron chi connectivity index (χ4n) is 6.71. The van der Waals surface area contributed by atoms with Gasteiger partial charge in [0.2, 0.25) is 0 Å². The molecule has 0 aromatic heterocycles. The molecule has 134 valence electrons. The van der Waals surface area contributed by atoms with Crippen molar-refractivity contribution in [3.05, 3.63) is 23.8 Å². The summed E-state index contributed by atoms with van der Waals surface area (Å²) in [5.41, 5.74) is -0.572. The van der Waals surface area contributed by atoms with Gasteiger partial charge >= 0.3 is 0 Å². The van der Waals surface area contributed by atoms with Crippen molar-refractivity contribution in [1.29, 1.82) is 0 Å². The third-order valence-electron chi connectivity index (χ3n) is 7.72. The van der Waals surface area contributed by atoms with E-state index in [1.165, 1.54) is 12.2 Å². The molecule has 0 aromatic rings. The highest BCUT2D eigenvalue weighted by atomic mass is 19.1. The van der Waals surface area contributed by atoms with Crippen LogP contribution in [0.3, 0.4) is 0 Å². The molecule has 0 amide bonds. The van der Waals surface area contributed by atoms with Gasteiger partial charge in [0.25, 0.3) is 0 Å². The fraction of sp³-hybridized carbons (Fsp3) is 0.667. The third-order valence-corrected chi connectivity index (χ3v) is 7.72. The van der Waals surface area contributed by atoms with Crippen LogP contribution in [0.4, 0.5) is 4.39 Å². The van der Waals surface area contributed by atoms with E-state index in [2.05, 4.69) is 6.92 Å². The molecule has 0 aliphatic heterocycles. The Morgan fingerprint density at radius 2 is 1.96 bits per heavy atom. The van der Waals surface area contributed by atoms with Gasteiger partial charge in [0.15, 0.2) is 5.78 Å². The van der Waals surface area contributed by atoms with Crippen LogP contribution in [0, 0.1) is 34.5 Å². The lowest BCUT2D eigenvalue weighted by Gasteiger charge is -2.56. The molecule has 3 nitrogen and oxygen atoms in total. The van der Waals surface area contributed by atoms with E-state index >= 15 is 4.39 Å². The Hall–Kier alpha value is -1.58. The maximum absolute atomic E-state index is 15.0. The van der Waals surface area contributed by atoms with Gasteiger partial charge < -0.3 is 0 Å². The third kappa shape index (κ3) is 2.12. The van der Waals surface area contributed by atoms with Crippen molar-refractivity contribution in [2.45, 2.75) is 52.6 Å². The van der Waals surface area contributed by atoms with Crippen LogP contribution in [0.15, 0.2) is 23.8 Å². The number of halogens is 1. The van der Waals surface area contributed by atoms with Gasteiger partial charge in [-0.15, -0.1) is 0 Å². The molecule has 0 bridgehead atoms. The van der Waals surface area contributed by atoms with Crippen LogP contribution < -0.4 is 0 Å². The number of hydrogen-bond donors (Lipinski definition) is 0. The summed E-state index contributed by atoms with van der Waals surface area (Å²) in [5, 5.41) is 0. The van der Waals surface area contributed by atoms with Crippen molar-refractivity contribution < 1.29 is 18.8 Å². The molecule has 0 N–H and O–H groups in total. The van der Waals surface area contributed by atoms with E-state index in [9.17, 15) is 14.4 Å². The number of carbonyl (C=O) groups is 3. The topological polar surface area (TPSA) is 51.2 Å². The number of ketones is 3. The smallest absolute Gasteiger partial charge is 0.178 e. The molecule has 3 saturated carbocycles. The second-order valence-corrected chi connectivity index (χ2v) is 8.96. The predicted octanol–water partition coefficient (Wildman–Crippen LogP) is 3.63. The van der Waals surface area contributed by atoms with E-state index < -0.39 is 11.6 Å². The maximum atomic E-state index is 15.0. The van der Waals surface area contributed by atoms with Crippen molar-refractivity contribution in [2.75, 3.05) is 0 Å². The molecule has 25 heavy (non-hydrogen) atoms. The lowest BCUT2D eigenvalue weighted by atomic mass is 9.47. The van der Waals surface area contributed by atoms with E-state index in [1.807, 2.05) is 6.92 Å². The van der Waals surface area contributed by atoms with Crippen LogP contribution in [0.25, 0.3) is 0 Å². The van der Waals surface area contributed by atoms with E-state index in [0.29, 0.717) is 18.4 Å². The zero-order valence-corrected chi connectivity index (χ0v) is 15.0. The lowest BCUT2D eigenvalue weighted by molar-refractivity contribution is -0.146. The van der Waals surface area contributed by atoms with Crippen molar-refractivity contribution in [1.82, 2.24) is 0 Å². The molecule has 0 saturated heterocycles. The Labute approximate surface area is 147 Å². The molecule has 4 aliphatic carbocycles. The number of alkyl halides is 1. The summed E-state index contributed by atoms with van der Waals surface area (Å²) in [6.07, 6.45) is 5.83. The molecule has 4 heteroatoms. The first-order valence-corrected chi connectivity index (χ1v) is 9.31. The Kier molecular flexibility index (Phi) is 3.52. The van der Waals surface area contributed by atoms with Crippen LogP contribution in [0.2, 0.25) is 0 Å². The van der Waals surface area contributed by atoms with Gasteiger partial charge in [-0.3, -0.25) is 14.4 Å². The molecule has 0 spiro atoms. The van der Waals surface area contributed by atoms with E-state index in [1.54, 1.807) is 13.0 Å². The fourth-order valence-corrected chi connectivity index (χ4v) is 6.71. The Bertz CT molecular complexity index is 735. The number of carbonyl (C=O) groups excluding carboxylic acids is 3. The normalized spacial score (nSPS) is 48.5. The molecule has 0 radical (unpaired) electrons. The van der Waals surface area contributed by atoms with Gasteiger partial charge in [0.05, 0.1) is 0 Å². The van der Waals surface area contributed by atoms with Crippen LogP contribution in [0.1, 0.15) is 46.5 Å². The van der Waals surface area contributed by atoms with Gasteiger partial charge in [-0.2, -0.15) is 0 Å². The first-order chi connectivity index (χ1) is 11.7. The predicted molar refractivity (Wildman–Crippen MR) is 91.5 cm³/mol. The average molecular weight is 344 g/mol. The number of rotatable bonds is 1. The number of hydrogen-bond acceptors (Lipinski definition) is 3. The van der Waals surface area contributed by atoms with Crippen molar-refractivity contribution >= 4 is 17.3 Å². The summed E-state index contributed by atoms with van der Waals surface area (Å²) in [6, 6.07) is 0. The summed E-state index contributed by atoms with van der Waals surface area (Å²) < 4.78 is 15.0. The monoisotopic (exact) mass is 344 g/mol. The molecule has 4 rings (SSSR count). The number of Topliss-reactive ketones (excluding diaryl/α,β-unsaturated/α-hetero) is 2. The van der Waals surface area contributed by atoms with Crippen LogP contribution >= 0.6 is 0 Å². The first-order valence-electron chi connectivity index (χ1n) is 9.31. The van der Waals surface area contributed by atoms with Gasteiger partial charge in [0, 0.05) is 23.7 Å². The van der Waals surface area contributed by atoms with Gasteiger partial charge in [0.1, 0.15) is 17.7 Å². The highest BCUT2D eigenvalue weighted by Crippen LogP contribution is 2.65. The lowest BCUT2D eigenvalue weighted by Crippen LogP contribution is -2.56. The molecule has 7 atom stereocenters. The van der Waals surface area contributed by atoms with Crippen molar-refractivity contribution in [3.63, 3.8) is 0 Å². The summed E-state index contributed by atoms with van der Waals surface area (Å²) >= 11 is 0. The highest BCUT2D eigenvalue weighted by Gasteiger charge is 2.63. The Balaban J connectivity index is 1.79. The maximum Gasteiger partial charge on any atom is 0.178 e. The van der Waals surface area contributed by atoms with E-state index in [4.69, 9.17) is 0 Å². The van der Waals surface area contributed by atoms with Crippen LogP contribution in [-0.4, -0.2) is 23.5 Å². The highest BCUT2D eigenvalue weighted by molar-refractivity contribution is 6.02. The Morgan fingerprint density at radius 1 is 1.24 bits per heavy atom. The summed E-state index contributed by atoms with van der Waals surface area (Å²) in [4.78, 5) is 37.1. The minimum absolute atomic E-state index is 0.0504. The molecular formula is C21H25FO3. The minimum Gasteiger partial charge on any atom is -0.300 e. The van der Waals surface area contributed by atoms with Crippen molar-refractivity contribution in [2.24, 2.45) is 34.5 Å². The second kappa shape index (κ2) is 5.21. The minimum atomic E-state index is -1.19. The standard InChI is InChI=1S/C21H25FO3/c1-11(23)14-4-5-15-13-9-17(22)16-8-12(24)6-7-20(16,2)19(13)18(25)10-21(14,15)3/h6-8,13-15,17,19H,4-5,9-10H2,1-3H3/t13-,14+,15-,17-,19+,20-,21+/m0/s1. The largest absolute Gasteiger partial charge is 0.300 e. The zero-order chi connectivity index (χ0) is 18.1. The number of allylic oxidation sites excluding steroid dienone is 4. The van der Waals surface area contributed by atoms with E-state index in [0.717, 1.165) is 12.8 Å². The average Bonchev–Trinajstić information content (AvgIpc) is 2.85. The quantitative estimate of drug-likeness (QED) is 0.730. The second-order valence-electron chi connectivity index (χ2n) is 8.96. The summed E-state index contributed by atoms with van der Waals surface area (Å²) in [5.74, 6) is -0.126. The van der Waals surface area contributed by atoms with Gasteiger partial charge in [-0.05, 0) is 61.2 Å². The van der Waals surface area contributed by atoms with Crippen molar-refractivity contribution in [3.8, 4) is 0 Å². The summed E-state index contributed by atoms with van der Waals surface area (Å²) in [6.45, 7) is 5.58. The molecular weight excluding hydrogens is 319 g/mol. The first kappa shape index (κ1) is 16.9. The van der Waals surface area contributed by atoms with Gasteiger partial charge in [-0.1, -0.05) is 19.9 Å². The molecule has 0 aromatic carbocycles. The molecule has 4 aliphatic rings. The SMILES string of the molecule is CC(=O)[C@H]1CC[C@H]2[C@@H]3C[C@H](F)C4=CC(=O)C=C[C@]4(C)[C@H]3C(=O)C[C@]12C. The van der Waals surface area contributed by atoms with Crippen LogP contribution in [-0.2, 0) is 14.4 Å². The summed E-state index contributed by atoms with van der Waals surface area (Å²) in [7, 11) is 0. The number of fused-ring (bicyclic) bond motifs is 5. The molecule has 3 fully saturated rings. The Morgan fingerprint density at radius 3 is 2.64 bits per heavy atom.